The van der Waals surface area contributed by atoms with Crippen LogP contribution in [0, 0.1) is 11.8 Å². The summed E-state index contributed by atoms with van der Waals surface area (Å²) in [5, 5.41) is 3.95. The summed E-state index contributed by atoms with van der Waals surface area (Å²) in [7, 11) is 3.87. The number of piperidine rings is 1. The number of nitrogens with zero attached hydrogens (tertiary/aromatic N) is 4. The number of amides is 4. The fourth-order valence-corrected chi connectivity index (χ4v) is 5.36. The molecule has 1 unspecified atom stereocenters. The Morgan fingerprint density at radius 2 is 2.00 bits per heavy atom. The number of nitrogens with one attached hydrogen (secondary N) is 1. The van der Waals surface area contributed by atoms with Gasteiger partial charge in [0.05, 0.1) is 10.8 Å². The second-order valence-electron chi connectivity index (χ2n) is 9.71. The predicted octanol–water partition coefficient (Wildman–Crippen LogP) is 2.70. The van der Waals surface area contributed by atoms with Gasteiger partial charge in [0.15, 0.2) is 0 Å². The maximum Gasteiger partial charge on any atom is 0.325 e. The molecule has 3 rings (SSSR count). The van der Waals surface area contributed by atoms with E-state index in [0.717, 1.165) is 11.4 Å². The van der Waals surface area contributed by atoms with Crippen LogP contribution >= 0.6 is 11.8 Å². The number of hydrogen-bond acceptors (Lipinski definition) is 6. The van der Waals surface area contributed by atoms with Crippen molar-refractivity contribution in [2.24, 2.45) is 11.8 Å². The highest BCUT2D eigenvalue weighted by molar-refractivity contribution is 7.99. The smallest absolute Gasteiger partial charge is 0.325 e. The van der Waals surface area contributed by atoms with Gasteiger partial charge in [0, 0.05) is 32.4 Å². The topological polar surface area (TPSA) is 85.8 Å². The van der Waals surface area contributed by atoms with E-state index in [0.29, 0.717) is 57.1 Å². The number of thioether (sulfide) groups is 1. The van der Waals surface area contributed by atoms with E-state index in [1.165, 1.54) is 16.7 Å². The van der Waals surface area contributed by atoms with Crippen molar-refractivity contribution in [2.75, 3.05) is 46.0 Å². The number of aromatic nitrogens is 1. The van der Waals surface area contributed by atoms with Crippen molar-refractivity contribution in [1.82, 2.24) is 25.0 Å². The van der Waals surface area contributed by atoms with E-state index >= 15 is 0 Å². The van der Waals surface area contributed by atoms with Crippen LogP contribution in [0.4, 0.5) is 4.79 Å². The molecule has 4 amide bonds. The fourth-order valence-electron chi connectivity index (χ4n) is 4.60. The first-order valence-electron chi connectivity index (χ1n) is 11.8. The molecule has 3 heterocycles. The highest BCUT2D eigenvalue weighted by Crippen LogP contribution is 2.38. The second-order valence-corrected chi connectivity index (χ2v) is 10.7. The average Bonchev–Trinajstić information content (AvgIpc) is 3.05. The molecule has 2 aliphatic heterocycles. The zero-order valence-electron chi connectivity index (χ0n) is 20.2. The molecule has 2 fully saturated rings. The molecule has 0 bridgehead atoms. The molecule has 33 heavy (non-hydrogen) atoms. The molecule has 1 aromatic rings. The van der Waals surface area contributed by atoms with Gasteiger partial charge in [-0.05, 0) is 63.7 Å². The number of imide groups is 1. The molecule has 2 saturated heterocycles. The Morgan fingerprint density at radius 1 is 1.27 bits per heavy atom. The first-order chi connectivity index (χ1) is 15.7. The summed E-state index contributed by atoms with van der Waals surface area (Å²) in [4.78, 5) is 48.6. The molecule has 2 aliphatic rings. The van der Waals surface area contributed by atoms with Crippen molar-refractivity contribution < 1.29 is 14.4 Å². The van der Waals surface area contributed by atoms with E-state index in [9.17, 15) is 14.4 Å². The van der Waals surface area contributed by atoms with Gasteiger partial charge in [-0.3, -0.25) is 14.5 Å². The number of likely N-dealkylation sites (N-methyl/N-ethyl adjacent to an activating group) is 1. The first kappa shape index (κ1) is 25.5. The molecule has 0 aliphatic carbocycles. The Kier molecular flexibility index (Phi) is 8.75. The van der Waals surface area contributed by atoms with E-state index < -0.39 is 5.54 Å². The Morgan fingerprint density at radius 3 is 2.61 bits per heavy atom. The summed E-state index contributed by atoms with van der Waals surface area (Å²) in [5.41, 5.74) is -0.856. The van der Waals surface area contributed by atoms with Crippen molar-refractivity contribution in [3.63, 3.8) is 0 Å². The van der Waals surface area contributed by atoms with E-state index in [4.69, 9.17) is 0 Å². The van der Waals surface area contributed by atoms with E-state index in [1.54, 1.807) is 6.20 Å². The van der Waals surface area contributed by atoms with E-state index in [2.05, 4.69) is 24.1 Å². The van der Waals surface area contributed by atoms with Gasteiger partial charge < -0.3 is 15.1 Å². The lowest BCUT2D eigenvalue weighted by atomic mass is 9.74. The number of likely N-dealkylation sites (tertiary alicyclic amines) is 1. The Bertz CT molecular complexity index is 827. The Labute approximate surface area is 201 Å². The summed E-state index contributed by atoms with van der Waals surface area (Å²) < 4.78 is 0. The van der Waals surface area contributed by atoms with Crippen molar-refractivity contribution in [2.45, 2.75) is 50.1 Å². The summed E-state index contributed by atoms with van der Waals surface area (Å²) in [6.07, 6.45) is 4.66. The molecule has 0 spiro atoms. The quantitative estimate of drug-likeness (QED) is 0.414. The Balaban J connectivity index is 1.64. The van der Waals surface area contributed by atoms with Crippen LogP contribution in [0.25, 0.3) is 0 Å². The summed E-state index contributed by atoms with van der Waals surface area (Å²) in [6.45, 7) is 6.52. The first-order valence-corrected chi connectivity index (χ1v) is 12.8. The molecule has 8 nitrogen and oxygen atoms in total. The second kappa shape index (κ2) is 11.3. The third-order valence-corrected chi connectivity index (χ3v) is 7.54. The van der Waals surface area contributed by atoms with Crippen molar-refractivity contribution in [3.8, 4) is 0 Å². The van der Waals surface area contributed by atoms with Crippen molar-refractivity contribution in [3.05, 3.63) is 24.4 Å². The lowest BCUT2D eigenvalue weighted by Gasteiger charge is -2.41. The van der Waals surface area contributed by atoms with Crippen LogP contribution in [0.1, 0.15) is 39.5 Å². The van der Waals surface area contributed by atoms with Gasteiger partial charge >= 0.3 is 6.03 Å². The number of carbonyl (C=O) groups excluding carboxylic acids is 3. The van der Waals surface area contributed by atoms with Crippen LogP contribution in [0.15, 0.2) is 29.4 Å². The summed E-state index contributed by atoms with van der Waals surface area (Å²) in [5.74, 6) is 0.825. The van der Waals surface area contributed by atoms with Crippen molar-refractivity contribution >= 4 is 29.6 Å². The third kappa shape index (κ3) is 6.26. The zero-order chi connectivity index (χ0) is 24.0. The molecule has 0 aromatic carbocycles. The Hall–Kier alpha value is -2.13. The maximum atomic E-state index is 13.6. The fraction of sp³-hybridized carbons (Fsp3) is 0.667. The van der Waals surface area contributed by atoms with Crippen LogP contribution < -0.4 is 5.32 Å². The van der Waals surface area contributed by atoms with Gasteiger partial charge in [-0.15, -0.1) is 0 Å². The van der Waals surface area contributed by atoms with Crippen LogP contribution in [-0.2, 0) is 9.59 Å². The molecule has 1 N–H and O–H groups in total. The lowest BCUT2D eigenvalue weighted by molar-refractivity contribution is -0.135. The average molecular weight is 476 g/mol. The van der Waals surface area contributed by atoms with Crippen LogP contribution in [0.5, 0.6) is 0 Å². The van der Waals surface area contributed by atoms with Gasteiger partial charge in [-0.1, -0.05) is 31.7 Å². The zero-order valence-corrected chi connectivity index (χ0v) is 21.1. The molecule has 182 valence electrons. The molecule has 0 radical (unpaired) electrons. The summed E-state index contributed by atoms with van der Waals surface area (Å²) >= 11 is 1.44. The van der Waals surface area contributed by atoms with Gasteiger partial charge in [0.25, 0.3) is 5.91 Å². The van der Waals surface area contributed by atoms with Crippen LogP contribution in [0.3, 0.4) is 0 Å². The lowest BCUT2D eigenvalue weighted by Crippen LogP contribution is -2.57. The number of pyridine rings is 1. The minimum atomic E-state index is -0.856. The standard InChI is InChI=1S/C24H37N5O3S/c1-18(2)8-11-24(22(31)29(23(32)26-24)16-15-27(3)4)19-9-13-28(14-10-19)21(30)17-33-20-7-5-6-12-25-20/h5-7,12,18-19H,8-11,13-17H2,1-4H3,(H,26,32). The van der Waals surface area contributed by atoms with Crippen molar-refractivity contribution in [1.29, 1.82) is 0 Å². The molecular weight excluding hydrogens is 438 g/mol. The largest absolute Gasteiger partial charge is 0.342 e. The minimum absolute atomic E-state index is 0.0320. The number of rotatable bonds is 10. The molecule has 9 heteroatoms. The number of carbonyl (C=O) groups is 3. The molecular formula is C24H37N5O3S. The highest BCUT2D eigenvalue weighted by atomic mass is 32.2. The molecule has 1 atom stereocenters. The third-order valence-electron chi connectivity index (χ3n) is 6.61. The number of urea groups is 1. The maximum absolute atomic E-state index is 13.6. The van der Waals surface area contributed by atoms with E-state index in [1.807, 2.05) is 42.1 Å². The number of hydrogen-bond donors (Lipinski definition) is 1. The van der Waals surface area contributed by atoms with Gasteiger partial charge in [0.1, 0.15) is 5.54 Å². The van der Waals surface area contributed by atoms with E-state index in [-0.39, 0.29) is 23.8 Å². The monoisotopic (exact) mass is 475 g/mol. The SMILES string of the molecule is CC(C)CCC1(C2CCN(C(=O)CSc3ccccn3)CC2)NC(=O)N(CCN(C)C)C1=O. The van der Waals surface area contributed by atoms with Gasteiger partial charge in [-0.25, -0.2) is 9.78 Å². The van der Waals surface area contributed by atoms with Crippen LogP contribution in [0.2, 0.25) is 0 Å². The normalized spacial score (nSPS) is 21.9. The minimum Gasteiger partial charge on any atom is -0.342 e. The predicted molar refractivity (Wildman–Crippen MR) is 130 cm³/mol. The molecule has 0 saturated carbocycles. The van der Waals surface area contributed by atoms with Gasteiger partial charge in [0.2, 0.25) is 5.91 Å². The highest BCUT2D eigenvalue weighted by Gasteiger charge is 2.55. The molecule has 1 aromatic heterocycles. The van der Waals surface area contributed by atoms with Crippen LogP contribution in [-0.4, -0.2) is 89.1 Å². The summed E-state index contributed by atoms with van der Waals surface area (Å²) in [6, 6.07) is 5.39. The van der Waals surface area contributed by atoms with Gasteiger partial charge in [-0.2, -0.15) is 0 Å².